The van der Waals surface area contributed by atoms with Crippen LogP contribution in [0.15, 0.2) is 4.99 Å². The molecule has 0 unspecified atom stereocenters. The van der Waals surface area contributed by atoms with Gasteiger partial charge in [0.2, 0.25) is 0 Å². The first-order chi connectivity index (χ1) is 7.47. The van der Waals surface area contributed by atoms with E-state index in [0.29, 0.717) is 13.0 Å². The van der Waals surface area contributed by atoms with E-state index in [1.54, 1.807) is 0 Å². The van der Waals surface area contributed by atoms with Crippen molar-refractivity contribution in [3.05, 3.63) is 0 Å². The number of rotatable bonds is 6. The fraction of sp³-hybridized carbons (Fsp3) is 0.625. The lowest BCUT2D eigenvalue weighted by Crippen LogP contribution is -2.40. The van der Waals surface area contributed by atoms with E-state index in [1.807, 2.05) is 0 Å². The Hall–Kier alpha value is -1.99. The molecule has 0 aromatic rings. The number of carbonyl (C=O) groups is 2. The van der Waals surface area contributed by atoms with E-state index in [9.17, 15) is 9.59 Å². The van der Waals surface area contributed by atoms with Crippen LogP contribution < -0.4 is 16.8 Å². The largest absolute Gasteiger partial charge is 0.480 e. The minimum atomic E-state index is -1.13. The lowest BCUT2D eigenvalue weighted by atomic mass is 10.1. The van der Waals surface area contributed by atoms with Gasteiger partial charge in [-0.05, 0) is 12.8 Å². The molecule has 0 aromatic carbocycles. The highest BCUT2D eigenvalue weighted by atomic mass is 16.5. The van der Waals surface area contributed by atoms with Gasteiger partial charge in [0.05, 0.1) is 7.11 Å². The average Bonchev–Trinajstić information content (AvgIpc) is 2.21. The average molecular weight is 232 g/mol. The number of carbonyl (C=O) groups excluding carboxylic acids is 1. The van der Waals surface area contributed by atoms with E-state index in [1.165, 1.54) is 0 Å². The first-order valence-electron chi connectivity index (χ1n) is 4.60. The molecule has 0 rings (SSSR count). The Bertz CT molecular complexity index is 275. The van der Waals surface area contributed by atoms with Crippen LogP contribution in [0.5, 0.6) is 0 Å². The summed E-state index contributed by atoms with van der Waals surface area (Å²) in [6.07, 6.45) is -0.116. The number of guanidine groups is 1. The number of aliphatic carboxylic acids is 1. The van der Waals surface area contributed by atoms with Gasteiger partial charge in [-0.25, -0.2) is 9.59 Å². The lowest BCUT2D eigenvalue weighted by molar-refractivity contribution is -0.139. The fourth-order valence-electron chi connectivity index (χ4n) is 0.962. The van der Waals surface area contributed by atoms with E-state index in [-0.39, 0.29) is 12.4 Å². The van der Waals surface area contributed by atoms with E-state index < -0.39 is 18.1 Å². The van der Waals surface area contributed by atoms with E-state index in [0.717, 1.165) is 7.11 Å². The van der Waals surface area contributed by atoms with Crippen LogP contribution in [0.25, 0.3) is 0 Å². The molecule has 0 radical (unpaired) electrons. The summed E-state index contributed by atoms with van der Waals surface area (Å²) in [5, 5.41) is 11.0. The third kappa shape index (κ3) is 6.46. The van der Waals surface area contributed by atoms with Gasteiger partial charge in [-0.2, -0.15) is 0 Å². The Kier molecular flexibility index (Phi) is 6.41. The van der Waals surface area contributed by atoms with Gasteiger partial charge in [0.25, 0.3) is 0 Å². The van der Waals surface area contributed by atoms with E-state index in [4.69, 9.17) is 16.6 Å². The highest BCUT2D eigenvalue weighted by Crippen LogP contribution is 1.98. The first-order valence-corrected chi connectivity index (χ1v) is 4.60. The second-order valence-electron chi connectivity index (χ2n) is 2.98. The summed E-state index contributed by atoms with van der Waals surface area (Å²) in [7, 11) is 1.16. The minimum Gasteiger partial charge on any atom is -0.480 e. The van der Waals surface area contributed by atoms with Crippen LogP contribution in [0.2, 0.25) is 0 Å². The zero-order valence-corrected chi connectivity index (χ0v) is 8.97. The molecule has 92 valence electrons. The molecule has 0 aromatic heterocycles. The highest BCUT2D eigenvalue weighted by molar-refractivity contribution is 5.79. The van der Waals surface area contributed by atoms with Crippen molar-refractivity contribution in [2.24, 2.45) is 16.5 Å². The van der Waals surface area contributed by atoms with Crippen molar-refractivity contribution in [2.75, 3.05) is 13.7 Å². The molecule has 0 aliphatic rings. The Morgan fingerprint density at radius 1 is 1.50 bits per heavy atom. The van der Waals surface area contributed by atoms with Gasteiger partial charge < -0.3 is 26.6 Å². The van der Waals surface area contributed by atoms with Gasteiger partial charge in [0, 0.05) is 6.54 Å². The van der Waals surface area contributed by atoms with Crippen molar-refractivity contribution in [1.29, 1.82) is 0 Å². The monoisotopic (exact) mass is 232 g/mol. The van der Waals surface area contributed by atoms with Crippen LogP contribution in [0.3, 0.4) is 0 Å². The number of alkyl carbamates (subject to hydrolysis) is 1. The number of hydrogen-bond acceptors (Lipinski definition) is 4. The van der Waals surface area contributed by atoms with Crippen LogP contribution in [0, 0.1) is 0 Å². The van der Waals surface area contributed by atoms with Crippen molar-refractivity contribution >= 4 is 18.0 Å². The van der Waals surface area contributed by atoms with Crippen molar-refractivity contribution < 1.29 is 19.4 Å². The summed E-state index contributed by atoms with van der Waals surface area (Å²) in [6, 6.07) is -0.998. The minimum absolute atomic E-state index is 0.0483. The third-order valence-corrected chi connectivity index (χ3v) is 1.72. The molecule has 8 heteroatoms. The molecule has 8 nitrogen and oxygen atoms in total. The molecule has 6 N–H and O–H groups in total. The van der Waals surface area contributed by atoms with Crippen LogP contribution in [0.4, 0.5) is 4.79 Å². The number of carboxylic acid groups (broad SMARTS) is 1. The molecule has 16 heavy (non-hydrogen) atoms. The number of nitrogens with one attached hydrogen (secondary N) is 1. The second-order valence-corrected chi connectivity index (χ2v) is 2.98. The Morgan fingerprint density at radius 3 is 2.56 bits per heavy atom. The maximum Gasteiger partial charge on any atom is 0.407 e. The topological polar surface area (TPSA) is 140 Å². The fourth-order valence-corrected chi connectivity index (χ4v) is 0.962. The number of ether oxygens (including phenoxy) is 1. The first kappa shape index (κ1) is 14.0. The maximum absolute atomic E-state index is 10.8. The molecule has 0 saturated heterocycles. The molecule has 0 saturated carbocycles. The molecule has 0 heterocycles. The molecule has 0 fully saturated rings. The number of nitrogens with two attached hydrogens (primary N) is 2. The van der Waals surface area contributed by atoms with Gasteiger partial charge in [-0.15, -0.1) is 0 Å². The molecule has 1 amide bonds. The summed E-state index contributed by atoms with van der Waals surface area (Å²) < 4.78 is 4.29. The van der Waals surface area contributed by atoms with Crippen molar-refractivity contribution in [1.82, 2.24) is 5.32 Å². The third-order valence-electron chi connectivity index (χ3n) is 1.72. The quantitative estimate of drug-likeness (QED) is 0.259. The summed E-state index contributed by atoms with van der Waals surface area (Å²) in [6.45, 7) is 0.314. The number of methoxy groups -OCH3 is 1. The standard InChI is InChI=1S/C8H16N4O4/c1-16-8(15)12-5(6(13)14)3-2-4-11-7(9)10/h5H,2-4H2,1H3,(H,12,15)(H,13,14)(H4,9,10,11)/t5-/m1/s1. The van der Waals surface area contributed by atoms with Gasteiger partial charge >= 0.3 is 12.1 Å². The van der Waals surface area contributed by atoms with Gasteiger partial charge in [-0.1, -0.05) is 0 Å². The maximum atomic E-state index is 10.8. The molecule has 0 bridgehead atoms. The zero-order valence-electron chi connectivity index (χ0n) is 8.97. The van der Waals surface area contributed by atoms with Crippen molar-refractivity contribution in [3.63, 3.8) is 0 Å². The van der Waals surface area contributed by atoms with Crippen LogP contribution in [-0.2, 0) is 9.53 Å². The predicted octanol–water partition coefficient (Wildman–Crippen LogP) is -1.15. The number of nitrogens with zero attached hydrogens (tertiary/aromatic N) is 1. The normalized spacial score (nSPS) is 11.3. The van der Waals surface area contributed by atoms with Crippen LogP contribution in [0.1, 0.15) is 12.8 Å². The molecular formula is C8H16N4O4. The van der Waals surface area contributed by atoms with Crippen molar-refractivity contribution in [2.45, 2.75) is 18.9 Å². The second kappa shape index (κ2) is 7.32. The molecular weight excluding hydrogens is 216 g/mol. The smallest absolute Gasteiger partial charge is 0.407 e. The Labute approximate surface area is 92.6 Å². The summed E-state index contributed by atoms with van der Waals surface area (Å²) in [5.74, 6) is -1.18. The van der Waals surface area contributed by atoms with Gasteiger partial charge in [0.15, 0.2) is 5.96 Å². The van der Waals surface area contributed by atoms with Gasteiger partial charge in [0.1, 0.15) is 6.04 Å². The Morgan fingerprint density at radius 2 is 2.12 bits per heavy atom. The number of aliphatic imine (C=N–C) groups is 1. The molecule has 1 atom stereocenters. The SMILES string of the molecule is COC(=O)N[C@H](CCCN=C(N)N)C(=O)O. The van der Waals surface area contributed by atoms with Crippen LogP contribution >= 0.6 is 0 Å². The Balaban J connectivity index is 4.00. The molecule has 0 aliphatic carbocycles. The zero-order chi connectivity index (χ0) is 12.6. The highest BCUT2D eigenvalue weighted by Gasteiger charge is 2.19. The number of amides is 1. The number of carboxylic acids is 1. The molecule has 0 spiro atoms. The van der Waals surface area contributed by atoms with Gasteiger partial charge in [-0.3, -0.25) is 4.99 Å². The summed E-state index contributed by atoms with van der Waals surface area (Å²) in [4.78, 5) is 25.2. The number of hydrogen-bond donors (Lipinski definition) is 4. The summed E-state index contributed by atoms with van der Waals surface area (Å²) in [5.41, 5.74) is 10.2. The van der Waals surface area contributed by atoms with E-state index in [2.05, 4.69) is 15.0 Å². The van der Waals surface area contributed by atoms with Crippen LogP contribution in [-0.4, -0.2) is 42.8 Å². The lowest BCUT2D eigenvalue weighted by Gasteiger charge is -2.12. The summed E-state index contributed by atoms with van der Waals surface area (Å²) >= 11 is 0. The van der Waals surface area contributed by atoms with E-state index >= 15 is 0 Å². The van der Waals surface area contributed by atoms with Crippen molar-refractivity contribution in [3.8, 4) is 0 Å². The molecule has 0 aliphatic heterocycles. The predicted molar refractivity (Wildman–Crippen MR) is 56.9 cm³/mol.